The summed E-state index contributed by atoms with van der Waals surface area (Å²) in [6, 6.07) is 7.25. The molecule has 2 fully saturated rings. The Kier molecular flexibility index (Phi) is 7.55. The zero-order chi connectivity index (χ0) is 32.1. The molecule has 1 aromatic heterocycles. The number of carbonyl (C=O) groups is 2. The number of fused-ring (bicyclic) bond motifs is 1. The van der Waals surface area contributed by atoms with Crippen LogP contribution in [0.25, 0.3) is 0 Å². The first-order valence-electron chi connectivity index (χ1n) is 14.3. The molecule has 0 unspecified atom stereocenters. The zero-order valence-electron chi connectivity index (χ0n) is 24.9. The summed E-state index contributed by atoms with van der Waals surface area (Å²) in [7, 11) is 1.52. The van der Waals surface area contributed by atoms with E-state index in [9.17, 15) is 22.8 Å². The second-order valence-electron chi connectivity index (χ2n) is 11.7. The van der Waals surface area contributed by atoms with Crippen molar-refractivity contribution < 1.29 is 32.2 Å². The van der Waals surface area contributed by atoms with Gasteiger partial charge >= 0.3 is 12.2 Å². The van der Waals surface area contributed by atoms with Gasteiger partial charge in [-0.25, -0.2) is 14.7 Å². The van der Waals surface area contributed by atoms with Crippen LogP contribution in [-0.2, 0) is 22.3 Å². The largest absolute Gasteiger partial charge is 0.494 e. The number of urea groups is 1. The van der Waals surface area contributed by atoms with Crippen LogP contribution < -0.4 is 25.2 Å². The van der Waals surface area contributed by atoms with Crippen molar-refractivity contribution in [2.45, 2.75) is 32.6 Å². The Morgan fingerprint density at radius 3 is 2.44 bits per heavy atom. The Balaban J connectivity index is 1.36. The molecule has 1 spiro atoms. The third-order valence-electron chi connectivity index (χ3n) is 8.12. The Labute approximate surface area is 257 Å². The van der Waals surface area contributed by atoms with Crippen molar-refractivity contribution >= 4 is 46.5 Å². The van der Waals surface area contributed by atoms with Gasteiger partial charge in [0.2, 0.25) is 11.9 Å². The van der Waals surface area contributed by atoms with E-state index in [0.29, 0.717) is 35.9 Å². The smallest absolute Gasteiger partial charge is 0.416 e. The lowest BCUT2D eigenvalue weighted by atomic mass is 9.77. The number of halogens is 3. The van der Waals surface area contributed by atoms with Crippen LogP contribution in [-0.4, -0.2) is 66.3 Å². The lowest BCUT2D eigenvalue weighted by molar-refractivity contribution is -0.137. The van der Waals surface area contributed by atoms with Crippen molar-refractivity contribution in [3.8, 4) is 5.75 Å². The molecule has 0 saturated carbocycles. The minimum Gasteiger partial charge on any atom is -0.494 e. The molecule has 3 aromatic rings. The highest BCUT2D eigenvalue weighted by Crippen LogP contribution is 2.46. The number of methoxy groups -OCH3 is 1. The van der Waals surface area contributed by atoms with Crippen LogP contribution in [0.15, 0.2) is 55.3 Å². The van der Waals surface area contributed by atoms with E-state index in [2.05, 4.69) is 32.1 Å². The van der Waals surface area contributed by atoms with Crippen molar-refractivity contribution in [3.05, 3.63) is 66.4 Å². The summed E-state index contributed by atoms with van der Waals surface area (Å²) >= 11 is 0. The topological polar surface area (TPSA) is 112 Å². The van der Waals surface area contributed by atoms with Gasteiger partial charge in [-0.1, -0.05) is 6.58 Å². The van der Waals surface area contributed by atoms with Gasteiger partial charge in [-0.3, -0.25) is 4.79 Å². The van der Waals surface area contributed by atoms with Gasteiger partial charge in [0.15, 0.2) is 5.82 Å². The average molecular weight is 624 g/mol. The number of carbonyl (C=O) groups excluding carboxylic acids is 2. The van der Waals surface area contributed by atoms with E-state index < -0.39 is 17.8 Å². The molecule has 45 heavy (non-hydrogen) atoms. The molecule has 236 valence electrons. The Hall–Kier alpha value is -4.85. The van der Waals surface area contributed by atoms with E-state index in [1.807, 2.05) is 19.9 Å². The summed E-state index contributed by atoms with van der Waals surface area (Å²) in [6.45, 7) is 10.4. The zero-order valence-corrected chi connectivity index (χ0v) is 24.9. The van der Waals surface area contributed by atoms with Crippen molar-refractivity contribution in [3.63, 3.8) is 0 Å². The second-order valence-corrected chi connectivity index (χ2v) is 11.7. The third-order valence-corrected chi connectivity index (χ3v) is 8.12. The van der Waals surface area contributed by atoms with Crippen LogP contribution in [0.4, 0.5) is 52.5 Å². The van der Waals surface area contributed by atoms with Gasteiger partial charge in [-0.15, -0.1) is 0 Å². The minimum atomic E-state index is -4.52. The van der Waals surface area contributed by atoms with Gasteiger partial charge in [0.25, 0.3) is 0 Å². The Morgan fingerprint density at radius 2 is 1.87 bits per heavy atom. The van der Waals surface area contributed by atoms with Gasteiger partial charge in [0, 0.05) is 37.0 Å². The molecule has 6 rings (SSSR count). The number of alkyl halides is 3. The van der Waals surface area contributed by atoms with Crippen LogP contribution in [0.1, 0.15) is 25.0 Å². The molecule has 3 amide bonds. The van der Waals surface area contributed by atoms with Crippen LogP contribution in [0, 0.1) is 5.41 Å². The fourth-order valence-electron chi connectivity index (χ4n) is 5.68. The van der Waals surface area contributed by atoms with E-state index in [0.717, 1.165) is 30.9 Å². The molecule has 11 nitrogen and oxygen atoms in total. The van der Waals surface area contributed by atoms with Crippen molar-refractivity contribution in [2.24, 2.45) is 5.41 Å². The van der Waals surface area contributed by atoms with E-state index in [1.165, 1.54) is 30.2 Å². The Morgan fingerprint density at radius 1 is 1.16 bits per heavy atom. The molecular formula is C31H32F3N7O4. The van der Waals surface area contributed by atoms with Gasteiger partial charge in [0.05, 0.1) is 60.6 Å². The van der Waals surface area contributed by atoms with E-state index in [4.69, 9.17) is 9.47 Å². The predicted octanol–water partition coefficient (Wildman–Crippen LogP) is 5.69. The molecule has 14 heteroatoms. The summed E-state index contributed by atoms with van der Waals surface area (Å²) in [5.74, 6) is 0.409. The van der Waals surface area contributed by atoms with Crippen molar-refractivity contribution in [2.75, 3.05) is 53.8 Å². The van der Waals surface area contributed by atoms with Crippen LogP contribution in [0.5, 0.6) is 5.75 Å². The quantitative estimate of drug-likeness (QED) is 0.308. The molecule has 2 N–H and O–H groups in total. The fraction of sp³-hybridized carbons (Fsp3) is 0.355. The summed E-state index contributed by atoms with van der Waals surface area (Å²) in [6.07, 6.45) is -1.77. The number of hydrogen-bond donors (Lipinski definition) is 2. The van der Waals surface area contributed by atoms with Gasteiger partial charge in [-0.05, 0) is 50.3 Å². The maximum absolute atomic E-state index is 13.6. The average Bonchev–Trinajstić information content (AvgIpc) is 2.95. The summed E-state index contributed by atoms with van der Waals surface area (Å²) in [4.78, 5) is 40.1. The molecule has 2 aromatic carbocycles. The molecule has 0 aliphatic carbocycles. The van der Waals surface area contributed by atoms with Crippen LogP contribution >= 0.6 is 0 Å². The number of benzene rings is 2. The lowest BCUT2D eigenvalue weighted by Crippen LogP contribution is -2.66. The molecule has 4 heterocycles. The first kappa shape index (κ1) is 30.2. The van der Waals surface area contributed by atoms with Crippen LogP contribution in [0.3, 0.4) is 0 Å². The molecular weight excluding hydrogens is 591 g/mol. The lowest BCUT2D eigenvalue weighted by Gasteiger charge is -2.56. The van der Waals surface area contributed by atoms with Crippen molar-refractivity contribution in [1.82, 2.24) is 14.9 Å². The number of hydrogen-bond acceptors (Lipinski definition) is 8. The maximum Gasteiger partial charge on any atom is 0.416 e. The number of anilines is 6. The normalized spacial score (nSPS) is 17.0. The third kappa shape index (κ3) is 5.61. The summed E-state index contributed by atoms with van der Waals surface area (Å²) in [5, 5.41) is 5.99. The fourth-order valence-corrected chi connectivity index (χ4v) is 5.68. The number of nitrogens with zero attached hydrogens (tertiary/aromatic N) is 5. The van der Waals surface area contributed by atoms with E-state index >= 15 is 0 Å². The highest BCUT2D eigenvalue weighted by Gasteiger charge is 2.49. The molecule has 2 saturated heterocycles. The van der Waals surface area contributed by atoms with Crippen molar-refractivity contribution in [1.29, 1.82) is 0 Å². The molecule has 0 atom stereocenters. The molecule has 3 aliphatic rings. The standard InChI is InChI=1S/C31H32F3N7O4/c1-5-26(42)36-22-10-23(25(44-4)11-24(22)39-14-30(15-39)16-45-17-30)37-28-35-12-19-13-40(18(2)3)29(43)41(27(19)38-28)21-8-6-20(7-9-21)31(32,33)34/h5-12,18H,1,13-17H2,2-4H3,(H,36,42)(H,35,37,38). The van der Waals surface area contributed by atoms with Gasteiger partial charge < -0.3 is 29.9 Å². The number of amides is 3. The number of nitrogens with one attached hydrogen (secondary N) is 2. The highest BCUT2D eigenvalue weighted by atomic mass is 19.4. The molecule has 3 aliphatic heterocycles. The number of ether oxygens (including phenoxy) is 2. The van der Waals surface area contributed by atoms with E-state index in [1.54, 1.807) is 17.2 Å². The summed E-state index contributed by atoms with van der Waals surface area (Å²) < 4.78 is 50.9. The number of aromatic nitrogens is 2. The van der Waals surface area contributed by atoms with Gasteiger partial charge in [0.1, 0.15) is 5.75 Å². The second kappa shape index (κ2) is 11.3. The first-order valence-corrected chi connectivity index (χ1v) is 14.3. The first-order chi connectivity index (χ1) is 21.4. The van der Waals surface area contributed by atoms with E-state index in [-0.39, 0.29) is 41.4 Å². The summed E-state index contributed by atoms with van der Waals surface area (Å²) in [5.41, 5.74) is 1.87. The number of rotatable bonds is 8. The van der Waals surface area contributed by atoms with Gasteiger partial charge in [-0.2, -0.15) is 18.2 Å². The molecule has 0 radical (unpaired) electrons. The Bertz CT molecular complexity index is 1650. The monoisotopic (exact) mass is 623 g/mol. The maximum atomic E-state index is 13.6. The van der Waals surface area contributed by atoms with Crippen LogP contribution in [0.2, 0.25) is 0 Å². The predicted molar refractivity (Wildman–Crippen MR) is 162 cm³/mol. The SMILES string of the molecule is C=CC(=O)Nc1cc(Nc2ncc3c(n2)N(c2ccc(C(F)(F)F)cc2)C(=O)N(C(C)C)C3)c(OC)cc1N1CC2(COC2)C1. The molecule has 0 bridgehead atoms. The minimum absolute atomic E-state index is 0.109. The highest BCUT2D eigenvalue weighted by molar-refractivity contribution is 6.03.